The van der Waals surface area contributed by atoms with Gasteiger partial charge in [-0.3, -0.25) is 29.3 Å². The summed E-state index contributed by atoms with van der Waals surface area (Å²) in [5.74, 6) is 0.724. The molecule has 0 spiro atoms. The number of nitrogens with zero attached hydrogens (tertiary/aromatic N) is 6. The van der Waals surface area contributed by atoms with Crippen molar-refractivity contribution < 1.29 is 28.7 Å². The van der Waals surface area contributed by atoms with Crippen molar-refractivity contribution in [3.63, 3.8) is 0 Å². The number of carbonyl (C=O) groups excluding carboxylic acids is 5. The number of piperidine rings is 1. The van der Waals surface area contributed by atoms with Crippen LogP contribution in [0.2, 0.25) is 0 Å². The zero-order valence-corrected chi connectivity index (χ0v) is 35.7. The number of amides is 5. The summed E-state index contributed by atoms with van der Waals surface area (Å²) in [4.78, 5) is 78.9. The normalized spacial score (nSPS) is 14.8. The number of ether oxygens (including phenoxy) is 1. The molecule has 0 aliphatic carbocycles. The number of rotatable bonds is 17. The Morgan fingerprint density at radius 1 is 1.05 bits per heavy atom. The van der Waals surface area contributed by atoms with Crippen LogP contribution in [0.3, 0.4) is 0 Å². The zero-order valence-electron chi connectivity index (χ0n) is 34.9. The molecule has 7 rings (SSSR count). The van der Waals surface area contributed by atoms with E-state index in [9.17, 15) is 24.0 Å². The van der Waals surface area contributed by atoms with E-state index in [1.807, 2.05) is 61.5 Å². The van der Waals surface area contributed by atoms with E-state index in [2.05, 4.69) is 45.1 Å². The molecule has 61 heavy (non-hydrogen) atoms. The smallest absolute Gasteiger partial charge is 0.255 e. The number of aryl methyl sites for hydroxylation is 1. The highest BCUT2D eigenvalue weighted by molar-refractivity contribution is 7.99. The van der Waals surface area contributed by atoms with Gasteiger partial charge in [0, 0.05) is 111 Å². The van der Waals surface area contributed by atoms with Crippen LogP contribution in [0.1, 0.15) is 59.4 Å². The average molecular weight is 843 g/mol. The van der Waals surface area contributed by atoms with E-state index in [-0.39, 0.29) is 30.0 Å². The lowest BCUT2D eigenvalue weighted by molar-refractivity contribution is -0.137. The van der Waals surface area contributed by atoms with Crippen LogP contribution in [0, 0.1) is 0 Å². The summed E-state index contributed by atoms with van der Waals surface area (Å²) in [7, 11) is 7.32. The van der Waals surface area contributed by atoms with Gasteiger partial charge in [-0.1, -0.05) is 30.8 Å². The van der Waals surface area contributed by atoms with Crippen LogP contribution in [0.5, 0.6) is 5.75 Å². The van der Waals surface area contributed by atoms with Crippen LogP contribution in [0.15, 0.2) is 90.6 Å². The quantitative estimate of drug-likeness (QED) is 0.0494. The third-order valence-corrected chi connectivity index (χ3v) is 12.4. The average Bonchev–Trinajstić information content (AvgIpc) is 3.78. The molecule has 5 aromatic rings. The van der Waals surface area contributed by atoms with Gasteiger partial charge in [-0.2, -0.15) is 0 Å². The standard InChI is InChI=1S/C46H50N8O6S/c1-6-42(55)49-35-24-29(25-41-47-20-19-34(48-41)32-27-53(4)36-14-8-7-12-30(32)36)39(60-5)26-38(35)51(2)21-22-52(3)44(57)16-9-10-23-61-40-15-11-13-31-33(40)28-54(46(31)59)37-17-18-43(56)50-45(37)58/h6-8,11-15,19-20,24,26-27,37H,1,9-10,16-18,21-23,25,28H2,2-5H3,(H,49,55)(H,50,56,58). The number of carbonyl (C=O) groups is 5. The van der Waals surface area contributed by atoms with Crippen LogP contribution in [-0.4, -0.2) is 100.0 Å². The fourth-order valence-corrected chi connectivity index (χ4v) is 8.97. The molecule has 3 aromatic carbocycles. The number of para-hydroxylation sites is 1. The fraction of sp³-hybridized carbons (Fsp3) is 0.326. The zero-order chi connectivity index (χ0) is 43.2. The second-order valence-corrected chi connectivity index (χ2v) is 16.4. The van der Waals surface area contributed by atoms with Crippen molar-refractivity contribution in [2.45, 2.75) is 56.0 Å². The predicted molar refractivity (Wildman–Crippen MR) is 237 cm³/mol. The van der Waals surface area contributed by atoms with E-state index in [0.717, 1.165) is 50.4 Å². The molecule has 1 fully saturated rings. The summed E-state index contributed by atoms with van der Waals surface area (Å²) < 4.78 is 7.95. The molecule has 316 valence electrons. The number of anilines is 2. The van der Waals surface area contributed by atoms with Crippen molar-refractivity contribution in [2.24, 2.45) is 7.05 Å². The van der Waals surface area contributed by atoms with Crippen LogP contribution >= 0.6 is 11.8 Å². The highest BCUT2D eigenvalue weighted by atomic mass is 32.2. The van der Waals surface area contributed by atoms with Crippen molar-refractivity contribution in [1.82, 2.24) is 29.7 Å². The van der Waals surface area contributed by atoms with Gasteiger partial charge in [0.1, 0.15) is 17.6 Å². The minimum atomic E-state index is -0.654. The molecule has 0 saturated carbocycles. The lowest BCUT2D eigenvalue weighted by Crippen LogP contribution is -2.52. The number of hydrogen-bond donors (Lipinski definition) is 2. The van der Waals surface area contributed by atoms with E-state index in [1.165, 1.54) is 6.08 Å². The second-order valence-electron chi connectivity index (χ2n) is 15.3. The number of likely N-dealkylation sites (N-methyl/N-ethyl adjacent to an activating group) is 2. The number of fused-ring (bicyclic) bond motifs is 2. The highest BCUT2D eigenvalue weighted by Gasteiger charge is 2.39. The third-order valence-electron chi connectivity index (χ3n) is 11.3. The molecule has 0 radical (unpaired) electrons. The monoisotopic (exact) mass is 842 g/mol. The van der Waals surface area contributed by atoms with E-state index >= 15 is 0 Å². The maximum absolute atomic E-state index is 13.2. The van der Waals surface area contributed by atoms with E-state index in [1.54, 1.807) is 48.0 Å². The van der Waals surface area contributed by atoms with Gasteiger partial charge in [-0.15, -0.1) is 11.8 Å². The van der Waals surface area contributed by atoms with Crippen molar-refractivity contribution in [3.05, 3.63) is 108 Å². The Morgan fingerprint density at radius 2 is 1.87 bits per heavy atom. The fourth-order valence-electron chi connectivity index (χ4n) is 7.88. The predicted octanol–water partition coefficient (Wildman–Crippen LogP) is 5.98. The number of nitrogens with one attached hydrogen (secondary N) is 2. The first-order chi connectivity index (χ1) is 29.4. The summed E-state index contributed by atoms with van der Waals surface area (Å²) in [6, 6.07) is 18.8. The number of hydrogen-bond acceptors (Lipinski definition) is 10. The van der Waals surface area contributed by atoms with E-state index in [0.29, 0.717) is 73.8 Å². The lowest BCUT2D eigenvalue weighted by atomic mass is 10.0. The molecule has 4 heterocycles. The number of thioether (sulfide) groups is 1. The number of benzene rings is 3. The Kier molecular flexibility index (Phi) is 13.2. The Balaban J connectivity index is 0.936. The summed E-state index contributed by atoms with van der Waals surface area (Å²) in [6.07, 6.45) is 7.83. The Labute approximate surface area is 359 Å². The SMILES string of the molecule is C=CC(=O)Nc1cc(Cc2nccc(-c3cn(C)c4ccccc34)n2)c(OC)cc1N(C)CCN(C)C(=O)CCCCSc1cccc2c1CN(C1CCC(=O)NC1=O)C2=O. The van der Waals surface area contributed by atoms with Crippen molar-refractivity contribution in [2.75, 3.05) is 50.3 Å². The highest BCUT2D eigenvalue weighted by Crippen LogP contribution is 2.37. The second kappa shape index (κ2) is 18.8. The minimum absolute atomic E-state index is 0.0309. The molecule has 2 aliphatic rings. The van der Waals surface area contributed by atoms with Gasteiger partial charge in [0.25, 0.3) is 5.91 Å². The molecule has 1 saturated heterocycles. The Morgan fingerprint density at radius 3 is 2.66 bits per heavy atom. The topological polar surface area (TPSA) is 159 Å². The van der Waals surface area contributed by atoms with Gasteiger partial charge >= 0.3 is 0 Å². The van der Waals surface area contributed by atoms with Crippen molar-refractivity contribution in [3.8, 4) is 17.0 Å². The van der Waals surface area contributed by atoms with Gasteiger partial charge in [0.15, 0.2) is 0 Å². The first-order valence-corrected chi connectivity index (χ1v) is 21.3. The maximum atomic E-state index is 13.2. The Bertz CT molecular complexity index is 2520. The van der Waals surface area contributed by atoms with Crippen molar-refractivity contribution >= 4 is 63.6 Å². The van der Waals surface area contributed by atoms with Crippen LogP contribution in [0.25, 0.3) is 22.2 Å². The molecule has 5 amide bonds. The molecule has 2 N–H and O–H groups in total. The van der Waals surface area contributed by atoms with Gasteiger partial charge < -0.3 is 29.3 Å². The lowest BCUT2D eigenvalue weighted by Gasteiger charge is -2.29. The number of imide groups is 1. The molecule has 15 heteroatoms. The van der Waals surface area contributed by atoms with Gasteiger partial charge in [-0.25, -0.2) is 9.97 Å². The molecule has 2 aliphatic heterocycles. The Hall–Kier alpha value is -6.48. The maximum Gasteiger partial charge on any atom is 0.255 e. The third kappa shape index (κ3) is 9.46. The van der Waals surface area contributed by atoms with Gasteiger partial charge in [0.2, 0.25) is 23.6 Å². The van der Waals surface area contributed by atoms with E-state index < -0.39 is 11.9 Å². The first-order valence-electron chi connectivity index (χ1n) is 20.3. The minimum Gasteiger partial charge on any atom is -0.496 e. The molecular formula is C46H50N8O6S. The van der Waals surface area contributed by atoms with Crippen molar-refractivity contribution in [1.29, 1.82) is 0 Å². The molecule has 1 unspecified atom stereocenters. The number of unbranched alkanes of at least 4 members (excludes halogenated alkanes) is 1. The molecule has 14 nitrogen and oxygen atoms in total. The first kappa shape index (κ1) is 42.6. The van der Waals surface area contributed by atoms with Gasteiger partial charge in [-0.05, 0) is 67.0 Å². The molecule has 2 aromatic heterocycles. The van der Waals surface area contributed by atoms with Crippen LogP contribution in [-0.2, 0) is 39.2 Å². The number of aromatic nitrogens is 3. The van der Waals surface area contributed by atoms with Crippen LogP contribution in [0.4, 0.5) is 11.4 Å². The van der Waals surface area contributed by atoms with E-state index in [4.69, 9.17) is 9.72 Å². The largest absolute Gasteiger partial charge is 0.496 e. The van der Waals surface area contributed by atoms with Gasteiger partial charge in [0.05, 0.1) is 24.2 Å². The number of methoxy groups -OCH3 is 1. The molecule has 1 atom stereocenters. The molecule has 0 bridgehead atoms. The summed E-state index contributed by atoms with van der Waals surface area (Å²) in [5.41, 5.74) is 6.50. The summed E-state index contributed by atoms with van der Waals surface area (Å²) >= 11 is 1.64. The van der Waals surface area contributed by atoms with Crippen LogP contribution < -0.4 is 20.3 Å². The summed E-state index contributed by atoms with van der Waals surface area (Å²) in [6.45, 7) is 4.90. The molecular weight excluding hydrogens is 793 g/mol. The summed E-state index contributed by atoms with van der Waals surface area (Å²) in [5, 5.41) is 6.40.